The van der Waals surface area contributed by atoms with Crippen LogP contribution in [0.25, 0.3) is 0 Å². The van der Waals surface area contributed by atoms with Gasteiger partial charge in [-0.1, -0.05) is 0 Å². The Morgan fingerprint density at radius 3 is 2.53 bits per heavy atom. The van der Waals surface area contributed by atoms with E-state index in [2.05, 4.69) is 15.9 Å². The lowest BCUT2D eigenvalue weighted by Gasteiger charge is -2.11. The molecular formula is C9H8BrF4NOS. The number of benzene rings is 1. The van der Waals surface area contributed by atoms with Gasteiger partial charge in [0.2, 0.25) is 0 Å². The second-order valence-electron chi connectivity index (χ2n) is 2.95. The summed E-state index contributed by atoms with van der Waals surface area (Å²) >= 11 is 2.83. The number of ether oxygens (including phenoxy) is 1. The molecule has 0 aliphatic heterocycles. The van der Waals surface area contributed by atoms with Crippen molar-refractivity contribution in [2.45, 2.75) is 5.51 Å². The summed E-state index contributed by atoms with van der Waals surface area (Å²) in [4.78, 5) is 0. The quantitative estimate of drug-likeness (QED) is 0.517. The molecule has 2 N–H and O–H groups in total. The minimum absolute atomic E-state index is 0.0360. The van der Waals surface area contributed by atoms with E-state index < -0.39 is 11.3 Å². The van der Waals surface area contributed by atoms with Crippen molar-refractivity contribution in [1.82, 2.24) is 0 Å². The van der Waals surface area contributed by atoms with E-state index in [9.17, 15) is 17.6 Å². The van der Waals surface area contributed by atoms with E-state index in [0.29, 0.717) is 0 Å². The molecule has 0 atom stereocenters. The highest BCUT2D eigenvalue weighted by molar-refractivity contribution is 9.10. The average molecular weight is 334 g/mol. The third kappa shape index (κ3) is 5.03. The maximum Gasteiger partial charge on any atom is 0.441 e. The molecule has 0 spiro atoms. The van der Waals surface area contributed by atoms with Crippen molar-refractivity contribution in [3.05, 3.63) is 22.4 Å². The third-order valence-corrected chi connectivity index (χ3v) is 2.92. The standard InChI is InChI=1S/C9H8BrF4NOS/c10-6-3-5(11)4-7(15)8(6)16-1-2-17-9(12,13)14/h3-4H,1-2,15H2. The van der Waals surface area contributed by atoms with Crippen LogP contribution in [-0.4, -0.2) is 17.9 Å². The van der Waals surface area contributed by atoms with Crippen LogP contribution in [0.2, 0.25) is 0 Å². The SMILES string of the molecule is Nc1cc(F)cc(Br)c1OCCSC(F)(F)F. The van der Waals surface area contributed by atoms with Crippen molar-refractivity contribution in [3.63, 3.8) is 0 Å². The minimum Gasteiger partial charge on any atom is -0.489 e. The van der Waals surface area contributed by atoms with Crippen molar-refractivity contribution in [3.8, 4) is 5.75 Å². The van der Waals surface area contributed by atoms with Crippen LogP contribution < -0.4 is 10.5 Å². The van der Waals surface area contributed by atoms with Crippen LogP contribution in [0.4, 0.5) is 23.2 Å². The molecule has 0 aliphatic carbocycles. The van der Waals surface area contributed by atoms with E-state index >= 15 is 0 Å². The number of halogens is 5. The van der Waals surface area contributed by atoms with Gasteiger partial charge in [0.15, 0.2) is 5.75 Å². The van der Waals surface area contributed by atoms with Gasteiger partial charge < -0.3 is 10.5 Å². The Morgan fingerprint density at radius 1 is 1.35 bits per heavy atom. The fourth-order valence-electron chi connectivity index (χ4n) is 1.03. The van der Waals surface area contributed by atoms with Gasteiger partial charge >= 0.3 is 5.51 Å². The van der Waals surface area contributed by atoms with Crippen molar-refractivity contribution in [1.29, 1.82) is 0 Å². The van der Waals surface area contributed by atoms with Crippen LogP contribution in [-0.2, 0) is 0 Å². The minimum atomic E-state index is -4.28. The van der Waals surface area contributed by atoms with E-state index in [1.54, 1.807) is 0 Å². The lowest BCUT2D eigenvalue weighted by molar-refractivity contribution is -0.0329. The van der Waals surface area contributed by atoms with Gasteiger partial charge in [-0.05, 0) is 33.8 Å². The van der Waals surface area contributed by atoms with Gasteiger partial charge in [-0.3, -0.25) is 0 Å². The van der Waals surface area contributed by atoms with Gasteiger partial charge in [-0.2, -0.15) is 13.2 Å². The largest absolute Gasteiger partial charge is 0.489 e. The van der Waals surface area contributed by atoms with Gasteiger partial charge in [0.1, 0.15) is 5.82 Å². The van der Waals surface area contributed by atoms with Crippen molar-refractivity contribution in [2.75, 3.05) is 18.1 Å². The lowest BCUT2D eigenvalue weighted by atomic mass is 10.3. The van der Waals surface area contributed by atoms with Crippen LogP contribution in [0.15, 0.2) is 16.6 Å². The number of nitrogen functional groups attached to an aromatic ring is 1. The molecule has 0 amide bonds. The summed E-state index contributed by atoms with van der Waals surface area (Å²) < 4.78 is 53.6. The molecule has 0 bridgehead atoms. The van der Waals surface area contributed by atoms with Crippen molar-refractivity contribution < 1.29 is 22.3 Å². The normalized spacial score (nSPS) is 11.6. The first-order chi connectivity index (χ1) is 7.79. The van der Waals surface area contributed by atoms with Crippen molar-refractivity contribution in [2.24, 2.45) is 0 Å². The lowest BCUT2D eigenvalue weighted by Crippen LogP contribution is -2.08. The van der Waals surface area contributed by atoms with E-state index in [1.807, 2.05) is 0 Å². The third-order valence-electron chi connectivity index (χ3n) is 1.63. The Hall–Kier alpha value is -0.630. The van der Waals surface area contributed by atoms with Crippen molar-refractivity contribution >= 4 is 33.4 Å². The second-order valence-corrected chi connectivity index (χ2v) is 4.96. The summed E-state index contributed by atoms with van der Waals surface area (Å²) in [6.07, 6.45) is 0. The van der Waals surface area contributed by atoms with Crippen LogP contribution in [0.1, 0.15) is 0 Å². The molecule has 1 rings (SSSR count). The zero-order chi connectivity index (χ0) is 13.1. The fourth-order valence-corrected chi connectivity index (χ4v) is 1.99. The number of hydrogen-bond donors (Lipinski definition) is 1. The monoisotopic (exact) mass is 333 g/mol. The number of thioether (sulfide) groups is 1. The molecule has 96 valence electrons. The van der Waals surface area contributed by atoms with E-state index in [0.717, 1.165) is 12.1 Å². The van der Waals surface area contributed by atoms with E-state index in [-0.39, 0.29) is 40.0 Å². The first-order valence-corrected chi connectivity index (χ1v) is 6.15. The topological polar surface area (TPSA) is 35.2 Å². The molecule has 0 fully saturated rings. The molecular weight excluding hydrogens is 326 g/mol. The summed E-state index contributed by atoms with van der Waals surface area (Å²) in [5.41, 5.74) is 1.22. The van der Waals surface area contributed by atoms with E-state index in [1.165, 1.54) is 0 Å². The predicted octanol–water partition coefficient (Wildman–Crippen LogP) is 3.80. The zero-order valence-corrected chi connectivity index (χ0v) is 10.8. The summed E-state index contributed by atoms with van der Waals surface area (Å²) in [6, 6.07) is 2.17. The summed E-state index contributed by atoms with van der Waals surface area (Å²) in [5.74, 6) is -0.659. The molecule has 0 saturated carbocycles. The molecule has 0 aromatic heterocycles. The number of hydrogen-bond acceptors (Lipinski definition) is 3. The molecule has 1 aromatic rings. The first-order valence-electron chi connectivity index (χ1n) is 4.37. The van der Waals surface area contributed by atoms with E-state index in [4.69, 9.17) is 10.5 Å². The molecule has 0 unspecified atom stereocenters. The highest BCUT2D eigenvalue weighted by Crippen LogP contribution is 2.33. The van der Waals surface area contributed by atoms with Gasteiger partial charge in [-0.25, -0.2) is 4.39 Å². The Morgan fingerprint density at radius 2 is 2.00 bits per heavy atom. The highest BCUT2D eigenvalue weighted by atomic mass is 79.9. The molecule has 0 saturated heterocycles. The molecule has 0 aliphatic rings. The molecule has 17 heavy (non-hydrogen) atoms. The summed E-state index contributed by atoms with van der Waals surface area (Å²) in [6.45, 7) is -0.168. The van der Waals surface area contributed by atoms with Gasteiger partial charge in [0.05, 0.1) is 16.8 Å². The Labute approximate surface area is 108 Å². The molecule has 8 heteroatoms. The maximum atomic E-state index is 12.8. The predicted molar refractivity (Wildman–Crippen MR) is 62.5 cm³/mol. The van der Waals surface area contributed by atoms with Crippen LogP contribution in [0, 0.1) is 5.82 Å². The zero-order valence-electron chi connectivity index (χ0n) is 8.35. The summed E-state index contributed by atoms with van der Waals surface area (Å²) in [5, 5.41) is 0. The number of nitrogens with two attached hydrogens (primary N) is 1. The van der Waals surface area contributed by atoms with Crippen LogP contribution in [0.5, 0.6) is 5.75 Å². The maximum absolute atomic E-state index is 12.8. The molecule has 0 heterocycles. The number of rotatable bonds is 4. The highest BCUT2D eigenvalue weighted by Gasteiger charge is 2.27. The number of alkyl halides is 3. The van der Waals surface area contributed by atoms with Crippen LogP contribution >= 0.6 is 27.7 Å². The Kier molecular flexibility index (Phi) is 4.93. The average Bonchev–Trinajstić information content (AvgIpc) is 2.13. The van der Waals surface area contributed by atoms with Gasteiger partial charge in [0.25, 0.3) is 0 Å². The second kappa shape index (κ2) is 5.81. The Balaban J connectivity index is 2.53. The molecule has 1 aromatic carbocycles. The summed E-state index contributed by atoms with van der Waals surface area (Å²) in [7, 11) is 0. The first kappa shape index (κ1) is 14.4. The number of anilines is 1. The fraction of sp³-hybridized carbons (Fsp3) is 0.333. The van der Waals surface area contributed by atoms with Gasteiger partial charge in [-0.15, -0.1) is 0 Å². The van der Waals surface area contributed by atoms with Crippen LogP contribution in [0.3, 0.4) is 0 Å². The smallest absolute Gasteiger partial charge is 0.441 e. The van der Waals surface area contributed by atoms with Gasteiger partial charge in [0, 0.05) is 11.8 Å². The molecule has 0 radical (unpaired) electrons. The molecule has 2 nitrogen and oxygen atoms in total. The Bertz CT molecular complexity index is 376.